The normalized spacial score (nSPS) is 20.7. The third kappa shape index (κ3) is 4.09. The summed E-state index contributed by atoms with van der Waals surface area (Å²) in [4.78, 5) is 35.5. The molecule has 3 N–H and O–H groups in total. The van der Waals surface area contributed by atoms with Gasteiger partial charge >= 0.3 is 0 Å². The lowest BCUT2D eigenvalue weighted by Gasteiger charge is -2.37. The molecule has 0 bridgehead atoms. The van der Waals surface area contributed by atoms with Crippen LogP contribution in [0.1, 0.15) is 59.9 Å². The highest BCUT2D eigenvalue weighted by Gasteiger charge is 2.30. The van der Waals surface area contributed by atoms with E-state index in [-0.39, 0.29) is 17.9 Å². The number of piperidine rings is 2. The van der Waals surface area contributed by atoms with Crippen molar-refractivity contribution in [3.8, 4) is 0 Å². The lowest BCUT2D eigenvalue weighted by atomic mass is 9.98. The van der Waals surface area contributed by atoms with E-state index in [1.165, 1.54) is 30.6 Å². The molecular formula is C21H29N5O2S. The number of rotatable bonds is 4. The van der Waals surface area contributed by atoms with E-state index in [2.05, 4.69) is 10.2 Å². The summed E-state index contributed by atoms with van der Waals surface area (Å²) < 4.78 is 0. The van der Waals surface area contributed by atoms with E-state index >= 15 is 0 Å². The van der Waals surface area contributed by atoms with Crippen LogP contribution in [0.25, 0.3) is 10.2 Å². The molecule has 0 aliphatic carbocycles. The number of fused-ring (bicyclic) bond motifs is 1. The number of nitrogen functional groups attached to an aromatic ring is 1. The van der Waals surface area contributed by atoms with Crippen LogP contribution in [0.5, 0.6) is 0 Å². The molecule has 29 heavy (non-hydrogen) atoms. The Labute approximate surface area is 175 Å². The maximum atomic E-state index is 13.1. The fourth-order valence-electron chi connectivity index (χ4n) is 4.42. The third-order valence-electron chi connectivity index (χ3n) is 6.02. The summed E-state index contributed by atoms with van der Waals surface area (Å²) in [7, 11) is 1.60. The Morgan fingerprint density at radius 2 is 1.93 bits per heavy atom. The van der Waals surface area contributed by atoms with Crippen molar-refractivity contribution in [1.82, 2.24) is 20.1 Å². The second-order valence-electron chi connectivity index (χ2n) is 7.95. The first-order valence-electron chi connectivity index (χ1n) is 10.5. The van der Waals surface area contributed by atoms with Crippen LogP contribution in [0.2, 0.25) is 0 Å². The number of carbonyl (C=O) groups is 2. The van der Waals surface area contributed by atoms with Gasteiger partial charge in [0.15, 0.2) is 0 Å². The van der Waals surface area contributed by atoms with Crippen molar-refractivity contribution >= 4 is 39.1 Å². The van der Waals surface area contributed by atoms with Crippen LogP contribution in [-0.4, -0.2) is 59.8 Å². The van der Waals surface area contributed by atoms with E-state index in [0.717, 1.165) is 54.8 Å². The second kappa shape index (κ2) is 8.67. The highest BCUT2D eigenvalue weighted by Crippen LogP contribution is 2.36. The van der Waals surface area contributed by atoms with Gasteiger partial charge in [-0.1, -0.05) is 6.42 Å². The number of hydrogen-bond acceptors (Lipinski definition) is 6. The molecule has 0 radical (unpaired) electrons. The molecule has 2 aromatic rings. The molecular weight excluding hydrogens is 386 g/mol. The minimum atomic E-state index is -0.192. The zero-order chi connectivity index (χ0) is 20.4. The number of likely N-dealkylation sites (tertiary alicyclic amines) is 2. The van der Waals surface area contributed by atoms with Crippen molar-refractivity contribution < 1.29 is 9.59 Å². The number of aromatic nitrogens is 1. The van der Waals surface area contributed by atoms with Crippen molar-refractivity contribution in [3.63, 3.8) is 0 Å². The minimum absolute atomic E-state index is 0.00258. The Kier molecular flexibility index (Phi) is 6.01. The fraction of sp³-hybridized carbons (Fsp3) is 0.571. The van der Waals surface area contributed by atoms with Gasteiger partial charge in [0.25, 0.3) is 5.91 Å². The van der Waals surface area contributed by atoms with Crippen LogP contribution in [0, 0.1) is 0 Å². The van der Waals surface area contributed by atoms with E-state index in [1.807, 2.05) is 17.0 Å². The maximum absolute atomic E-state index is 13.1. The molecule has 2 aliphatic rings. The average Bonchev–Trinajstić information content (AvgIpc) is 3.09. The van der Waals surface area contributed by atoms with Crippen molar-refractivity contribution in [1.29, 1.82) is 0 Å². The summed E-state index contributed by atoms with van der Waals surface area (Å²) in [6.45, 7) is 3.33. The summed E-state index contributed by atoms with van der Waals surface area (Å²) in [5, 5.41) is 3.43. The molecule has 2 saturated heterocycles. The van der Waals surface area contributed by atoms with Crippen LogP contribution in [0.4, 0.5) is 5.69 Å². The van der Waals surface area contributed by atoms with E-state index in [1.54, 1.807) is 7.05 Å². The van der Waals surface area contributed by atoms with Gasteiger partial charge in [-0.25, -0.2) is 4.98 Å². The monoisotopic (exact) mass is 415 g/mol. The summed E-state index contributed by atoms with van der Waals surface area (Å²) in [6.07, 6.45) is 6.69. The van der Waals surface area contributed by atoms with Gasteiger partial charge in [-0.05, 0) is 57.3 Å². The van der Waals surface area contributed by atoms with E-state index in [0.29, 0.717) is 17.1 Å². The first kappa shape index (κ1) is 20.1. The average molecular weight is 416 g/mol. The molecule has 4 heterocycles. The van der Waals surface area contributed by atoms with Gasteiger partial charge < -0.3 is 16.0 Å². The number of carbonyl (C=O) groups excluding carboxylic acids is 2. The van der Waals surface area contributed by atoms with Gasteiger partial charge in [-0.15, -0.1) is 11.3 Å². The molecule has 7 nitrogen and oxygen atoms in total. The zero-order valence-corrected chi connectivity index (χ0v) is 17.8. The maximum Gasteiger partial charge on any atom is 0.263 e. The third-order valence-corrected chi connectivity index (χ3v) is 7.13. The number of pyridine rings is 1. The smallest absolute Gasteiger partial charge is 0.263 e. The summed E-state index contributed by atoms with van der Waals surface area (Å²) in [5.41, 5.74) is 7.54. The predicted molar refractivity (Wildman–Crippen MR) is 116 cm³/mol. The van der Waals surface area contributed by atoms with Crippen LogP contribution in [-0.2, 0) is 4.79 Å². The molecule has 1 unspecified atom stereocenters. The fourth-order valence-corrected chi connectivity index (χ4v) is 5.46. The van der Waals surface area contributed by atoms with Crippen LogP contribution < -0.4 is 11.1 Å². The largest absolute Gasteiger partial charge is 0.397 e. The summed E-state index contributed by atoms with van der Waals surface area (Å²) in [5.74, 6) is 0.0123. The van der Waals surface area contributed by atoms with E-state index in [9.17, 15) is 9.59 Å². The van der Waals surface area contributed by atoms with Crippen LogP contribution >= 0.6 is 11.3 Å². The van der Waals surface area contributed by atoms with Crippen LogP contribution in [0.15, 0.2) is 12.1 Å². The Hall–Kier alpha value is -2.19. The number of thiophene rings is 1. The second-order valence-corrected chi connectivity index (χ2v) is 8.95. The van der Waals surface area contributed by atoms with Gasteiger partial charge in [-0.2, -0.15) is 0 Å². The van der Waals surface area contributed by atoms with Gasteiger partial charge in [-0.3, -0.25) is 14.5 Å². The van der Waals surface area contributed by atoms with Crippen molar-refractivity contribution in [2.75, 3.05) is 39.0 Å². The van der Waals surface area contributed by atoms with Crippen molar-refractivity contribution in [2.45, 2.75) is 44.6 Å². The number of anilines is 1. The number of nitrogens with zero attached hydrogens (tertiary/aromatic N) is 3. The standard InChI is InChI=1S/C21H29N5O2S/c1-23-20(28)19-18(22)14-8-9-15(24-21(14)29-19)16-7-3-6-12-26(16)17(27)13-25-10-4-2-5-11-25/h8-9,16H,2-7,10-13,22H2,1H3,(H,23,28). The number of nitrogens with two attached hydrogens (primary N) is 1. The van der Waals surface area contributed by atoms with Crippen LogP contribution in [0.3, 0.4) is 0 Å². The molecule has 0 spiro atoms. The predicted octanol–water partition coefficient (Wildman–Crippen LogP) is 2.78. The topological polar surface area (TPSA) is 91.6 Å². The highest BCUT2D eigenvalue weighted by molar-refractivity contribution is 7.21. The van der Waals surface area contributed by atoms with Gasteiger partial charge in [0.1, 0.15) is 9.71 Å². The first-order chi connectivity index (χ1) is 14.1. The Balaban J connectivity index is 1.58. The van der Waals surface area contributed by atoms with Crippen molar-refractivity contribution in [2.24, 2.45) is 0 Å². The molecule has 2 aliphatic heterocycles. The molecule has 156 valence electrons. The Morgan fingerprint density at radius 1 is 1.17 bits per heavy atom. The highest BCUT2D eigenvalue weighted by atomic mass is 32.1. The number of amides is 2. The quantitative estimate of drug-likeness (QED) is 0.801. The molecule has 4 rings (SSSR count). The molecule has 0 aromatic carbocycles. The lowest BCUT2D eigenvalue weighted by Crippen LogP contribution is -2.45. The van der Waals surface area contributed by atoms with Gasteiger partial charge in [0.05, 0.1) is 24.0 Å². The molecule has 2 fully saturated rings. The number of hydrogen-bond donors (Lipinski definition) is 2. The Morgan fingerprint density at radius 3 is 2.69 bits per heavy atom. The SMILES string of the molecule is CNC(=O)c1sc2nc(C3CCCCN3C(=O)CN3CCCCC3)ccc2c1N. The lowest BCUT2D eigenvalue weighted by molar-refractivity contribution is -0.136. The van der Waals surface area contributed by atoms with Gasteiger partial charge in [0, 0.05) is 19.0 Å². The summed E-state index contributed by atoms with van der Waals surface area (Å²) in [6, 6.07) is 3.91. The number of nitrogens with one attached hydrogen (secondary N) is 1. The van der Waals surface area contributed by atoms with Crippen molar-refractivity contribution in [3.05, 3.63) is 22.7 Å². The Bertz CT molecular complexity index is 906. The van der Waals surface area contributed by atoms with Gasteiger partial charge in [0.2, 0.25) is 5.91 Å². The molecule has 0 saturated carbocycles. The zero-order valence-electron chi connectivity index (χ0n) is 16.9. The first-order valence-corrected chi connectivity index (χ1v) is 11.3. The summed E-state index contributed by atoms with van der Waals surface area (Å²) >= 11 is 1.31. The minimum Gasteiger partial charge on any atom is -0.397 e. The molecule has 8 heteroatoms. The van der Waals surface area contributed by atoms with E-state index < -0.39 is 0 Å². The molecule has 2 amide bonds. The molecule has 2 aromatic heterocycles. The molecule has 1 atom stereocenters. The van der Waals surface area contributed by atoms with E-state index in [4.69, 9.17) is 10.7 Å².